The van der Waals surface area contributed by atoms with Crippen LogP contribution in [0.25, 0.3) is 0 Å². The van der Waals surface area contributed by atoms with Gasteiger partial charge in [-0.1, -0.05) is 20.8 Å². The molecular weight excluding hydrogens is 256 g/mol. The molecular formula is C15H28N2O3. The molecule has 1 amide bonds. The second kappa shape index (κ2) is 8.25. The van der Waals surface area contributed by atoms with Crippen LogP contribution in [0.3, 0.4) is 0 Å². The third-order valence-electron chi connectivity index (χ3n) is 3.82. The third kappa shape index (κ3) is 6.37. The van der Waals surface area contributed by atoms with Crippen LogP contribution in [0.2, 0.25) is 0 Å². The summed E-state index contributed by atoms with van der Waals surface area (Å²) in [5.41, 5.74) is 0. The molecule has 5 nitrogen and oxygen atoms in total. The topological polar surface area (TPSA) is 78.4 Å². The summed E-state index contributed by atoms with van der Waals surface area (Å²) in [6, 6.07) is -0.122. The molecule has 0 aromatic rings. The smallest absolute Gasteiger partial charge is 0.303 e. The Balaban J connectivity index is 2.40. The van der Waals surface area contributed by atoms with E-state index in [4.69, 9.17) is 5.11 Å². The van der Waals surface area contributed by atoms with Gasteiger partial charge in [0.2, 0.25) is 5.91 Å². The first-order valence-corrected chi connectivity index (χ1v) is 7.61. The van der Waals surface area contributed by atoms with E-state index in [1.54, 1.807) is 0 Å². The van der Waals surface area contributed by atoms with Crippen molar-refractivity contribution in [2.24, 2.45) is 17.8 Å². The van der Waals surface area contributed by atoms with E-state index >= 15 is 0 Å². The summed E-state index contributed by atoms with van der Waals surface area (Å²) in [5.74, 6) is 0.226. The van der Waals surface area contributed by atoms with Crippen LogP contribution in [0.5, 0.6) is 0 Å². The SMILES string of the molecule is CC(C)C[C@H](CNC(=O)C1CC(C)CCN1)CC(=O)O. The molecule has 116 valence electrons. The number of amides is 1. The predicted octanol–water partition coefficient (Wildman–Crippen LogP) is 1.63. The molecule has 1 heterocycles. The third-order valence-corrected chi connectivity index (χ3v) is 3.82. The number of hydrogen-bond acceptors (Lipinski definition) is 3. The number of rotatable bonds is 7. The van der Waals surface area contributed by atoms with Gasteiger partial charge in [-0.05, 0) is 43.6 Å². The Morgan fingerprint density at radius 1 is 1.40 bits per heavy atom. The number of carbonyl (C=O) groups is 2. The summed E-state index contributed by atoms with van der Waals surface area (Å²) in [6.07, 6.45) is 2.91. The van der Waals surface area contributed by atoms with Gasteiger partial charge in [-0.25, -0.2) is 0 Å². The molecule has 0 saturated carbocycles. The van der Waals surface area contributed by atoms with Crippen molar-refractivity contribution < 1.29 is 14.7 Å². The summed E-state index contributed by atoms with van der Waals surface area (Å²) in [6.45, 7) is 7.63. The molecule has 0 bridgehead atoms. The second-order valence-electron chi connectivity index (χ2n) is 6.47. The first kappa shape index (κ1) is 17.0. The molecule has 0 aromatic carbocycles. The predicted molar refractivity (Wildman–Crippen MR) is 78.4 cm³/mol. The van der Waals surface area contributed by atoms with Crippen LogP contribution < -0.4 is 10.6 Å². The summed E-state index contributed by atoms with van der Waals surface area (Å²) >= 11 is 0. The summed E-state index contributed by atoms with van der Waals surface area (Å²) in [4.78, 5) is 23.0. The summed E-state index contributed by atoms with van der Waals surface area (Å²) < 4.78 is 0. The lowest BCUT2D eigenvalue weighted by Crippen LogP contribution is -2.49. The molecule has 0 spiro atoms. The van der Waals surface area contributed by atoms with Crippen LogP contribution in [-0.2, 0) is 9.59 Å². The fraction of sp³-hybridized carbons (Fsp3) is 0.867. The van der Waals surface area contributed by atoms with Gasteiger partial charge in [0.25, 0.3) is 0 Å². The lowest BCUT2D eigenvalue weighted by Gasteiger charge is -2.28. The number of aliphatic carboxylic acids is 1. The van der Waals surface area contributed by atoms with E-state index in [0.717, 1.165) is 25.8 Å². The number of carboxylic acid groups (broad SMARTS) is 1. The zero-order valence-corrected chi connectivity index (χ0v) is 12.8. The number of hydrogen-bond donors (Lipinski definition) is 3. The number of piperidine rings is 1. The average molecular weight is 284 g/mol. The van der Waals surface area contributed by atoms with Crippen LogP contribution >= 0.6 is 0 Å². The molecule has 2 unspecified atom stereocenters. The normalized spacial score (nSPS) is 24.4. The average Bonchev–Trinajstić information content (AvgIpc) is 2.34. The zero-order valence-electron chi connectivity index (χ0n) is 12.8. The first-order chi connectivity index (χ1) is 9.38. The van der Waals surface area contributed by atoms with Crippen molar-refractivity contribution in [1.29, 1.82) is 0 Å². The highest BCUT2D eigenvalue weighted by atomic mass is 16.4. The molecule has 1 saturated heterocycles. The zero-order chi connectivity index (χ0) is 15.1. The van der Waals surface area contributed by atoms with E-state index in [1.807, 2.05) is 0 Å². The molecule has 3 atom stereocenters. The number of carboxylic acids is 1. The highest BCUT2D eigenvalue weighted by Gasteiger charge is 2.25. The maximum atomic E-state index is 12.1. The molecule has 0 aromatic heterocycles. The van der Waals surface area contributed by atoms with E-state index in [-0.39, 0.29) is 24.3 Å². The van der Waals surface area contributed by atoms with Gasteiger partial charge in [-0.3, -0.25) is 9.59 Å². The van der Waals surface area contributed by atoms with Gasteiger partial charge in [-0.15, -0.1) is 0 Å². The molecule has 1 fully saturated rings. The fourth-order valence-electron chi connectivity index (χ4n) is 2.83. The monoisotopic (exact) mass is 284 g/mol. The highest BCUT2D eigenvalue weighted by Crippen LogP contribution is 2.17. The number of carbonyl (C=O) groups excluding carboxylic acids is 1. The van der Waals surface area contributed by atoms with E-state index < -0.39 is 5.97 Å². The van der Waals surface area contributed by atoms with Gasteiger partial charge in [0.1, 0.15) is 0 Å². The fourth-order valence-corrected chi connectivity index (χ4v) is 2.83. The van der Waals surface area contributed by atoms with Gasteiger partial charge in [-0.2, -0.15) is 0 Å². The highest BCUT2D eigenvalue weighted by molar-refractivity contribution is 5.81. The van der Waals surface area contributed by atoms with Crippen molar-refractivity contribution in [3.8, 4) is 0 Å². The first-order valence-electron chi connectivity index (χ1n) is 7.61. The second-order valence-corrected chi connectivity index (χ2v) is 6.47. The van der Waals surface area contributed by atoms with Gasteiger partial charge < -0.3 is 15.7 Å². The summed E-state index contributed by atoms with van der Waals surface area (Å²) in [7, 11) is 0. The van der Waals surface area contributed by atoms with Crippen LogP contribution in [-0.4, -0.2) is 36.1 Å². The Labute approximate surface area is 121 Å². The number of nitrogens with one attached hydrogen (secondary N) is 2. The minimum Gasteiger partial charge on any atom is -0.481 e. The van der Waals surface area contributed by atoms with E-state index in [2.05, 4.69) is 31.4 Å². The molecule has 0 aliphatic carbocycles. The van der Waals surface area contributed by atoms with Crippen molar-refractivity contribution >= 4 is 11.9 Å². The largest absolute Gasteiger partial charge is 0.481 e. The maximum absolute atomic E-state index is 12.1. The van der Waals surface area contributed by atoms with Crippen LogP contribution in [0.15, 0.2) is 0 Å². The Bertz CT molecular complexity index is 331. The van der Waals surface area contributed by atoms with E-state index in [1.165, 1.54) is 0 Å². The Hall–Kier alpha value is -1.10. The van der Waals surface area contributed by atoms with E-state index in [9.17, 15) is 9.59 Å². The minimum absolute atomic E-state index is 0.00990. The molecule has 20 heavy (non-hydrogen) atoms. The molecule has 0 radical (unpaired) electrons. The lowest BCUT2D eigenvalue weighted by molar-refractivity contribution is -0.138. The van der Waals surface area contributed by atoms with E-state index in [0.29, 0.717) is 18.4 Å². The van der Waals surface area contributed by atoms with Crippen molar-refractivity contribution in [2.75, 3.05) is 13.1 Å². The van der Waals surface area contributed by atoms with Gasteiger partial charge in [0, 0.05) is 13.0 Å². The standard InChI is InChI=1S/C15H28N2O3/c1-10(2)6-12(8-14(18)19)9-17-15(20)13-7-11(3)4-5-16-13/h10-13,16H,4-9H2,1-3H3,(H,17,20)(H,18,19)/t11?,12-,13?/m0/s1. The Morgan fingerprint density at radius 2 is 2.10 bits per heavy atom. The molecule has 1 rings (SSSR count). The summed E-state index contributed by atoms with van der Waals surface area (Å²) in [5, 5.41) is 15.1. The molecule has 3 N–H and O–H groups in total. The minimum atomic E-state index is -0.797. The van der Waals surface area contributed by atoms with Crippen molar-refractivity contribution in [3.05, 3.63) is 0 Å². The van der Waals surface area contributed by atoms with Crippen molar-refractivity contribution in [2.45, 2.75) is 52.5 Å². The van der Waals surface area contributed by atoms with Gasteiger partial charge >= 0.3 is 5.97 Å². The molecule has 1 aliphatic heterocycles. The lowest BCUT2D eigenvalue weighted by atomic mass is 9.92. The quantitative estimate of drug-likeness (QED) is 0.664. The van der Waals surface area contributed by atoms with Crippen molar-refractivity contribution in [1.82, 2.24) is 10.6 Å². The Kier molecular flexibility index (Phi) is 6.99. The van der Waals surface area contributed by atoms with Crippen LogP contribution in [0, 0.1) is 17.8 Å². The maximum Gasteiger partial charge on any atom is 0.303 e. The van der Waals surface area contributed by atoms with Crippen LogP contribution in [0.1, 0.15) is 46.5 Å². The van der Waals surface area contributed by atoms with Crippen LogP contribution in [0.4, 0.5) is 0 Å². The molecule has 5 heteroatoms. The van der Waals surface area contributed by atoms with Crippen molar-refractivity contribution in [3.63, 3.8) is 0 Å². The van der Waals surface area contributed by atoms with Gasteiger partial charge in [0.15, 0.2) is 0 Å². The Morgan fingerprint density at radius 3 is 2.65 bits per heavy atom. The van der Waals surface area contributed by atoms with Gasteiger partial charge in [0.05, 0.1) is 6.04 Å². The molecule has 1 aliphatic rings.